The van der Waals surface area contributed by atoms with Crippen LogP contribution in [0.3, 0.4) is 0 Å². The highest BCUT2D eigenvalue weighted by Crippen LogP contribution is 2.22. The zero-order valence-electron chi connectivity index (χ0n) is 10.5. The molecule has 0 aromatic heterocycles. The Hall–Kier alpha value is -1.26. The van der Waals surface area contributed by atoms with E-state index in [0.29, 0.717) is 5.56 Å². The number of carbonyl (C=O) groups is 1. The number of benzene rings is 2. The largest absolute Gasteiger partial charge is 0.321 e. The van der Waals surface area contributed by atoms with E-state index in [4.69, 9.17) is 0 Å². The molecule has 2 aromatic rings. The number of halogens is 1. The summed E-state index contributed by atoms with van der Waals surface area (Å²) in [4.78, 5) is 12.1. The van der Waals surface area contributed by atoms with Crippen molar-refractivity contribution < 1.29 is 4.79 Å². The van der Waals surface area contributed by atoms with Gasteiger partial charge in [-0.05, 0) is 52.0 Å². The zero-order chi connectivity index (χ0) is 13.7. The molecule has 0 bridgehead atoms. The number of rotatable bonds is 4. The maximum absolute atomic E-state index is 12.1. The van der Waals surface area contributed by atoms with Gasteiger partial charge in [-0.3, -0.25) is 4.79 Å². The van der Waals surface area contributed by atoms with Crippen LogP contribution in [0, 0.1) is 0 Å². The Balaban J connectivity index is 2.10. The fraction of sp³-hybridized carbons (Fsp3) is 0.133. The van der Waals surface area contributed by atoms with E-state index in [-0.39, 0.29) is 5.91 Å². The zero-order valence-corrected chi connectivity index (χ0v) is 12.9. The van der Waals surface area contributed by atoms with Gasteiger partial charge in [0.15, 0.2) is 0 Å². The lowest BCUT2D eigenvalue weighted by atomic mass is 10.1. The number of anilines is 1. The first-order valence-corrected chi connectivity index (χ1v) is 8.03. The molecule has 4 heteroatoms. The first-order valence-electron chi connectivity index (χ1n) is 5.84. The lowest BCUT2D eigenvalue weighted by molar-refractivity contribution is 0.102. The summed E-state index contributed by atoms with van der Waals surface area (Å²) < 4.78 is 0.877. The minimum absolute atomic E-state index is 0.0948. The van der Waals surface area contributed by atoms with Crippen LogP contribution < -0.4 is 5.32 Å². The number of amides is 1. The smallest absolute Gasteiger partial charge is 0.255 e. The fourth-order valence-electron chi connectivity index (χ4n) is 1.68. The highest BCUT2D eigenvalue weighted by Gasteiger charge is 2.07. The lowest BCUT2D eigenvalue weighted by Crippen LogP contribution is -2.12. The molecule has 2 aromatic carbocycles. The van der Waals surface area contributed by atoms with Crippen molar-refractivity contribution in [2.75, 3.05) is 11.6 Å². The molecular weight excluding hydrogens is 322 g/mol. The van der Waals surface area contributed by atoms with Crippen LogP contribution in [0.25, 0.3) is 0 Å². The minimum atomic E-state index is -0.0948. The van der Waals surface area contributed by atoms with Crippen molar-refractivity contribution >= 4 is 39.3 Å². The molecule has 2 rings (SSSR count). The van der Waals surface area contributed by atoms with Crippen LogP contribution in [0.4, 0.5) is 5.69 Å². The Morgan fingerprint density at radius 2 is 1.84 bits per heavy atom. The highest BCUT2D eigenvalue weighted by atomic mass is 79.9. The number of carbonyl (C=O) groups excluding carboxylic acids is 1. The number of thioether (sulfide) groups is 1. The lowest BCUT2D eigenvalue weighted by Gasteiger charge is -2.07. The molecular formula is C15H14BrNOS. The third-order valence-corrected chi connectivity index (χ3v) is 3.96. The fourth-order valence-corrected chi connectivity index (χ4v) is 2.59. The third kappa shape index (κ3) is 3.85. The van der Waals surface area contributed by atoms with Gasteiger partial charge >= 0.3 is 0 Å². The highest BCUT2D eigenvalue weighted by molar-refractivity contribution is 9.10. The van der Waals surface area contributed by atoms with Crippen LogP contribution in [0.5, 0.6) is 0 Å². The topological polar surface area (TPSA) is 29.1 Å². The monoisotopic (exact) mass is 335 g/mol. The first kappa shape index (κ1) is 14.2. The summed E-state index contributed by atoms with van der Waals surface area (Å²) >= 11 is 5.18. The molecule has 98 valence electrons. The summed E-state index contributed by atoms with van der Waals surface area (Å²) in [5, 5.41) is 2.89. The summed E-state index contributed by atoms with van der Waals surface area (Å²) in [6, 6.07) is 15.3. The molecule has 0 unspecified atom stereocenters. The summed E-state index contributed by atoms with van der Waals surface area (Å²) in [5.41, 5.74) is 2.67. The maximum Gasteiger partial charge on any atom is 0.255 e. The van der Waals surface area contributed by atoms with Crippen LogP contribution >= 0.6 is 27.7 Å². The van der Waals surface area contributed by atoms with Gasteiger partial charge in [-0.2, -0.15) is 11.8 Å². The summed E-state index contributed by atoms with van der Waals surface area (Å²) in [6.07, 6.45) is 2.06. The van der Waals surface area contributed by atoms with E-state index in [0.717, 1.165) is 15.9 Å². The van der Waals surface area contributed by atoms with Gasteiger partial charge in [0.2, 0.25) is 0 Å². The molecule has 1 amide bonds. The van der Waals surface area contributed by atoms with Gasteiger partial charge in [-0.25, -0.2) is 0 Å². The third-order valence-electron chi connectivity index (χ3n) is 2.65. The van der Waals surface area contributed by atoms with Gasteiger partial charge in [-0.15, -0.1) is 0 Å². The van der Waals surface area contributed by atoms with Crippen LogP contribution in [0.15, 0.2) is 53.0 Å². The quantitative estimate of drug-likeness (QED) is 0.886. The van der Waals surface area contributed by atoms with Crippen molar-refractivity contribution in [1.82, 2.24) is 0 Å². The Labute approximate surface area is 125 Å². The number of nitrogens with one attached hydrogen (secondary N) is 1. The predicted molar refractivity (Wildman–Crippen MR) is 85.8 cm³/mol. The molecule has 0 aliphatic heterocycles. The minimum Gasteiger partial charge on any atom is -0.321 e. The average Bonchev–Trinajstić information content (AvgIpc) is 2.42. The van der Waals surface area contributed by atoms with Gasteiger partial charge in [0.1, 0.15) is 0 Å². The Kier molecular flexibility index (Phi) is 5.05. The van der Waals surface area contributed by atoms with Crippen LogP contribution in [-0.2, 0) is 5.75 Å². The standard InChI is InChI=1S/C15H14BrNOS/c1-19-10-11-6-8-12(9-7-11)15(18)17-14-5-3-2-4-13(14)16/h2-9H,10H2,1H3,(H,17,18). The van der Waals surface area contributed by atoms with Gasteiger partial charge in [0.25, 0.3) is 5.91 Å². The van der Waals surface area contributed by atoms with E-state index in [1.54, 1.807) is 11.8 Å². The van der Waals surface area contributed by atoms with E-state index in [9.17, 15) is 4.79 Å². The van der Waals surface area contributed by atoms with Crippen LogP contribution in [0.1, 0.15) is 15.9 Å². The van der Waals surface area contributed by atoms with Crippen LogP contribution in [0.2, 0.25) is 0 Å². The second-order valence-corrected chi connectivity index (χ2v) is 5.78. The Bertz CT molecular complexity index is 569. The Morgan fingerprint density at radius 3 is 2.47 bits per heavy atom. The van der Waals surface area contributed by atoms with Gasteiger partial charge in [0, 0.05) is 15.8 Å². The van der Waals surface area contributed by atoms with E-state index in [1.165, 1.54) is 5.56 Å². The predicted octanol–water partition coefficient (Wildman–Crippen LogP) is 4.56. The normalized spacial score (nSPS) is 10.2. The molecule has 2 nitrogen and oxygen atoms in total. The maximum atomic E-state index is 12.1. The van der Waals surface area contributed by atoms with Gasteiger partial charge < -0.3 is 5.32 Å². The SMILES string of the molecule is CSCc1ccc(C(=O)Nc2ccccc2Br)cc1. The van der Waals surface area contributed by atoms with E-state index >= 15 is 0 Å². The van der Waals surface area contributed by atoms with Crippen molar-refractivity contribution in [2.45, 2.75) is 5.75 Å². The molecule has 0 radical (unpaired) electrons. The average molecular weight is 336 g/mol. The molecule has 0 saturated carbocycles. The second kappa shape index (κ2) is 6.78. The number of para-hydroxylation sites is 1. The summed E-state index contributed by atoms with van der Waals surface area (Å²) in [5.74, 6) is 0.870. The molecule has 19 heavy (non-hydrogen) atoms. The van der Waals surface area contributed by atoms with Crippen LogP contribution in [-0.4, -0.2) is 12.2 Å². The van der Waals surface area contributed by atoms with Gasteiger partial charge in [0.05, 0.1) is 5.69 Å². The molecule has 0 fully saturated rings. The molecule has 0 aliphatic rings. The van der Waals surface area contributed by atoms with E-state index in [1.807, 2.05) is 48.5 Å². The number of hydrogen-bond acceptors (Lipinski definition) is 2. The van der Waals surface area contributed by atoms with E-state index in [2.05, 4.69) is 27.5 Å². The summed E-state index contributed by atoms with van der Waals surface area (Å²) in [6.45, 7) is 0. The van der Waals surface area contributed by atoms with Crippen molar-refractivity contribution in [3.8, 4) is 0 Å². The summed E-state index contributed by atoms with van der Waals surface area (Å²) in [7, 11) is 0. The molecule has 0 atom stereocenters. The van der Waals surface area contributed by atoms with Crippen molar-refractivity contribution in [2.24, 2.45) is 0 Å². The molecule has 0 spiro atoms. The van der Waals surface area contributed by atoms with E-state index < -0.39 is 0 Å². The van der Waals surface area contributed by atoms with Crippen molar-refractivity contribution in [3.63, 3.8) is 0 Å². The first-order chi connectivity index (χ1) is 9.20. The van der Waals surface area contributed by atoms with Crippen molar-refractivity contribution in [1.29, 1.82) is 0 Å². The molecule has 0 aliphatic carbocycles. The molecule has 1 N–H and O–H groups in total. The van der Waals surface area contributed by atoms with Gasteiger partial charge in [-0.1, -0.05) is 24.3 Å². The Morgan fingerprint density at radius 1 is 1.16 bits per heavy atom. The molecule has 0 saturated heterocycles. The second-order valence-electron chi connectivity index (χ2n) is 4.06. The molecule has 0 heterocycles. The van der Waals surface area contributed by atoms with Crippen molar-refractivity contribution in [3.05, 3.63) is 64.1 Å². The number of hydrogen-bond donors (Lipinski definition) is 1.